The van der Waals surface area contributed by atoms with Crippen molar-refractivity contribution in [2.45, 2.75) is 4.11 Å². The molecule has 0 amide bonds. The molecule has 1 unspecified atom stereocenters. The van der Waals surface area contributed by atoms with Gasteiger partial charge in [0.1, 0.15) is 0 Å². The Morgan fingerprint density at radius 1 is 1.50 bits per heavy atom. The predicted molar refractivity (Wildman–Crippen MR) is 63.4 cm³/mol. The molecule has 2 rings (SSSR count). The van der Waals surface area contributed by atoms with E-state index in [1.165, 1.54) is 7.11 Å². The van der Waals surface area contributed by atoms with Gasteiger partial charge in [-0.05, 0) is 0 Å². The van der Waals surface area contributed by atoms with Gasteiger partial charge < -0.3 is 0 Å². The van der Waals surface area contributed by atoms with Gasteiger partial charge in [-0.1, -0.05) is 0 Å². The summed E-state index contributed by atoms with van der Waals surface area (Å²) in [5.41, 5.74) is 1.25. The second kappa shape index (κ2) is 4.74. The third kappa shape index (κ3) is 2.14. The number of aliphatic hydroxyl groups excluding tert-OH is 1. The minimum atomic E-state index is -2.68. The number of hydrogen-bond acceptors (Lipinski definition) is 6. The van der Waals surface area contributed by atoms with Gasteiger partial charge in [0, 0.05) is 0 Å². The van der Waals surface area contributed by atoms with Crippen LogP contribution in [0.25, 0.3) is 0 Å². The molecular weight excluding hydrogens is 327 g/mol. The first-order valence-corrected chi connectivity index (χ1v) is 7.45. The molecule has 1 aliphatic heterocycles. The van der Waals surface area contributed by atoms with E-state index in [1.54, 1.807) is 24.3 Å². The molecule has 0 fully saturated rings. The van der Waals surface area contributed by atoms with Crippen LogP contribution in [0.4, 0.5) is 10.5 Å². The van der Waals surface area contributed by atoms with Crippen molar-refractivity contribution in [3.63, 3.8) is 0 Å². The van der Waals surface area contributed by atoms with Crippen molar-refractivity contribution in [3.8, 4) is 0 Å². The summed E-state index contributed by atoms with van der Waals surface area (Å²) in [6.45, 7) is 0. The van der Waals surface area contributed by atoms with Gasteiger partial charge in [0.05, 0.1) is 0 Å². The van der Waals surface area contributed by atoms with E-state index < -0.39 is 30.8 Å². The molecule has 0 aromatic heterocycles. The van der Waals surface area contributed by atoms with Crippen LogP contribution in [0, 0.1) is 0 Å². The first-order chi connectivity index (χ1) is 7.72. The molecule has 1 aliphatic rings. The molecule has 0 spiro atoms. The van der Waals surface area contributed by atoms with Crippen LogP contribution in [0.5, 0.6) is 0 Å². The zero-order chi connectivity index (χ0) is 11.5. The van der Waals surface area contributed by atoms with Gasteiger partial charge in [0.15, 0.2) is 0 Å². The van der Waals surface area contributed by atoms with E-state index in [-0.39, 0.29) is 0 Å². The minimum absolute atomic E-state index is 0.608. The molecular formula is C9H9IN2O4. The van der Waals surface area contributed by atoms with E-state index in [1.807, 2.05) is 0 Å². The van der Waals surface area contributed by atoms with E-state index >= 15 is 0 Å². The summed E-state index contributed by atoms with van der Waals surface area (Å²) >= 11 is -2.68. The van der Waals surface area contributed by atoms with Gasteiger partial charge in [-0.25, -0.2) is 0 Å². The number of hydrogen-bond donors (Lipinski definition) is 1. The predicted octanol–water partition coefficient (Wildman–Crippen LogP) is 2.89. The fourth-order valence-electron chi connectivity index (χ4n) is 1.15. The average Bonchev–Trinajstić information content (AvgIpc) is 2.33. The molecule has 1 aromatic carbocycles. The Bertz CT molecular complexity index is 437. The Kier molecular flexibility index (Phi) is 3.34. The third-order valence-electron chi connectivity index (χ3n) is 1.90. The molecule has 0 bridgehead atoms. The summed E-state index contributed by atoms with van der Waals surface area (Å²) in [6.07, 6.45) is -0.831. The number of halogens is 1. The zero-order valence-electron chi connectivity index (χ0n) is 8.33. The van der Waals surface area contributed by atoms with E-state index in [0.29, 0.717) is 11.3 Å². The van der Waals surface area contributed by atoms with E-state index in [2.05, 4.69) is 13.2 Å². The number of ether oxygens (including phenoxy) is 1. The summed E-state index contributed by atoms with van der Waals surface area (Å²) in [5.74, 6) is 0. The fourth-order valence-corrected chi connectivity index (χ4v) is 3.81. The number of aliphatic hydroxyl groups is 1. The van der Waals surface area contributed by atoms with Gasteiger partial charge in [-0.15, -0.1) is 0 Å². The van der Waals surface area contributed by atoms with Gasteiger partial charge in [0.2, 0.25) is 0 Å². The molecule has 1 N–H and O–H groups in total. The maximum atomic E-state index is 10.9. The Morgan fingerprint density at radius 3 is 3.00 bits per heavy atom. The second-order valence-corrected chi connectivity index (χ2v) is 6.37. The van der Waals surface area contributed by atoms with Crippen molar-refractivity contribution in [1.29, 1.82) is 0 Å². The van der Waals surface area contributed by atoms with Gasteiger partial charge in [-0.2, -0.15) is 0 Å². The van der Waals surface area contributed by atoms with Crippen LogP contribution in [0.3, 0.4) is 0 Å². The Balaban J connectivity index is 2.21. The van der Waals surface area contributed by atoms with Gasteiger partial charge in [-0.3, -0.25) is 0 Å². The van der Waals surface area contributed by atoms with E-state index in [4.69, 9.17) is 3.07 Å². The number of nitrogens with zero attached hydrogens (tertiary/aromatic N) is 2. The number of carbonyl (C=O) groups excluding carboxylic acids is 1. The van der Waals surface area contributed by atoms with Crippen LogP contribution in [-0.2, 0) is 7.80 Å². The monoisotopic (exact) mass is 336 g/mol. The van der Waals surface area contributed by atoms with Crippen LogP contribution in [0.2, 0.25) is 0 Å². The molecule has 86 valence electrons. The number of methoxy groups -OCH3 is 1. The van der Waals surface area contributed by atoms with Gasteiger partial charge >= 0.3 is 99.5 Å². The Morgan fingerprint density at radius 2 is 2.25 bits per heavy atom. The van der Waals surface area contributed by atoms with E-state index in [0.717, 1.165) is 0 Å². The molecule has 0 radical (unpaired) electrons. The van der Waals surface area contributed by atoms with Crippen LogP contribution in [0.1, 0.15) is 9.67 Å². The fraction of sp³-hybridized carbons (Fsp3) is 0.222. The average molecular weight is 336 g/mol. The quantitative estimate of drug-likeness (QED) is 0.486. The molecule has 1 heterocycles. The SMILES string of the molecule is COC(=O)OI1N=Nc2ccccc2C1O. The maximum absolute atomic E-state index is 10.9. The summed E-state index contributed by atoms with van der Waals surface area (Å²) in [7, 11) is 1.21. The molecule has 0 saturated heterocycles. The van der Waals surface area contributed by atoms with Crippen molar-refractivity contribution < 1.29 is 17.7 Å². The normalized spacial score (nSPS) is 20.1. The Hall–Kier alpha value is -1.22. The second-order valence-electron chi connectivity index (χ2n) is 2.86. The van der Waals surface area contributed by atoms with Crippen molar-refractivity contribution in [1.82, 2.24) is 0 Å². The van der Waals surface area contributed by atoms with Crippen LogP contribution in [-0.4, -0.2) is 18.4 Å². The number of fused-ring (bicyclic) bond motifs is 1. The first kappa shape index (κ1) is 11.3. The molecule has 1 aromatic rings. The van der Waals surface area contributed by atoms with Crippen LogP contribution < -0.4 is 0 Å². The molecule has 16 heavy (non-hydrogen) atoms. The van der Waals surface area contributed by atoms with Crippen molar-refractivity contribution in [2.24, 2.45) is 8.44 Å². The third-order valence-corrected chi connectivity index (χ3v) is 5.03. The Labute approximate surface area is 99.6 Å². The first-order valence-electron chi connectivity index (χ1n) is 4.36. The number of alkyl halides is 1. The van der Waals surface area contributed by atoms with Crippen molar-refractivity contribution in [3.05, 3.63) is 29.8 Å². The molecule has 1 atom stereocenters. The van der Waals surface area contributed by atoms with E-state index in [9.17, 15) is 9.90 Å². The number of rotatable bonds is 1. The molecule has 6 nitrogen and oxygen atoms in total. The molecule has 0 saturated carbocycles. The van der Waals surface area contributed by atoms with Crippen LogP contribution in [0.15, 0.2) is 32.7 Å². The topological polar surface area (TPSA) is 80.5 Å². The summed E-state index contributed by atoms with van der Waals surface area (Å²) in [5, 5.41) is 13.9. The number of carbonyl (C=O) groups is 1. The summed E-state index contributed by atoms with van der Waals surface area (Å²) in [4.78, 5) is 10.9. The number of benzene rings is 1. The van der Waals surface area contributed by atoms with Crippen molar-refractivity contribution in [2.75, 3.05) is 7.11 Å². The summed E-state index contributed by atoms with van der Waals surface area (Å²) < 4.78 is 12.2. The zero-order valence-corrected chi connectivity index (χ0v) is 10.5. The summed E-state index contributed by atoms with van der Waals surface area (Å²) in [6, 6.07) is 7.07. The molecule has 0 aliphatic carbocycles. The van der Waals surface area contributed by atoms with Crippen LogP contribution >= 0.6 is 20.5 Å². The standard InChI is InChI=1S/C9H9IN2O4/c1-15-9(14)16-10-8(13)6-4-2-3-5-7(6)11-12-10/h2-5,8,13H,1H3. The van der Waals surface area contributed by atoms with Crippen molar-refractivity contribution >= 4 is 32.4 Å². The van der Waals surface area contributed by atoms with Gasteiger partial charge in [0.25, 0.3) is 0 Å². The molecule has 7 heteroatoms.